The fourth-order valence-electron chi connectivity index (χ4n) is 2.20. The number of piperidine rings is 1. The fraction of sp³-hybridized carbons (Fsp3) is 0.500. The van der Waals surface area contributed by atoms with Crippen molar-refractivity contribution >= 4 is 21.4 Å². The molecule has 1 aliphatic rings. The van der Waals surface area contributed by atoms with Crippen LogP contribution in [0.3, 0.4) is 0 Å². The Balaban J connectivity index is 2.38. The molecule has 0 aromatic heterocycles. The minimum absolute atomic E-state index is 0.357. The molecule has 0 saturated carbocycles. The van der Waals surface area contributed by atoms with E-state index in [1.165, 1.54) is 6.26 Å². The van der Waals surface area contributed by atoms with Crippen LogP contribution in [0.1, 0.15) is 24.3 Å². The van der Waals surface area contributed by atoms with Crippen LogP contribution in [-0.2, 0) is 9.84 Å². The Labute approximate surface area is 107 Å². The van der Waals surface area contributed by atoms with Crippen molar-refractivity contribution in [2.24, 2.45) is 0 Å². The van der Waals surface area contributed by atoms with E-state index >= 15 is 0 Å². The van der Waals surface area contributed by atoms with Crippen molar-refractivity contribution in [1.82, 2.24) is 5.32 Å². The summed E-state index contributed by atoms with van der Waals surface area (Å²) >= 11 is 6.16. The van der Waals surface area contributed by atoms with Crippen LogP contribution in [0.25, 0.3) is 0 Å². The largest absolute Gasteiger partial charge is 0.317 e. The monoisotopic (exact) mass is 273 g/mol. The van der Waals surface area contributed by atoms with Crippen LogP contribution < -0.4 is 5.32 Å². The molecule has 1 aliphatic heterocycles. The Bertz CT molecular complexity index is 507. The molecular formula is C12H16ClNO2S. The lowest BCUT2D eigenvalue weighted by atomic mass is 9.90. The van der Waals surface area contributed by atoms with Gasteiger partial charge in [0, 0.05) is 11.3 Å². The van der Waals surface area contributed by atoms with Gasteiger partial charge in [-0.2, -0.15) is 0 Å². The van der Waals surface area contributed by atoms with E-state index in [4.69, 9.17) is 11.6 Å². The summed E-state index contributed by atoms with van der Waals surface area (Å²) in [5.41, 5.74) is 0.969. The van der Waals surface area contributed by atoms with Gasteiger partial charge < -0.3 is 5.32 Å². The first-order valence-electron chi connectivity index (χ1n) is 5.69. The second-order valence-electron chi connectivity index (χ2n) is 4.48. The first-order chi connectivity index (χ1) is 7.98. The van der Waals surface area contributed by atoms with Crippen LogP contribution in [0.4, 0.5) is 0 Å². The lowest BCUT2D eigenvalue weighted by Gasteiger charge is -2.24. The van der Waals surface area contributed by atoms with E-state index in [0.29, 0.717) is 15.8 Å². The zero-order chi connectivity index (χ0) is 12.5. The van der Waals surface area contributed by atoms with Gasteiger partial charge >= 0.3 is 0 Å². The van der Waals surface area contributed by atoms with Crippen molar-refractivity contribution in [2.75, 3.05) is 19.3 Å². The van der Waals surface area contributed by atoms with E-state index in [-0.39, 0.29) is 0 Å². The normalized spacial score (nSPS) is 18.2. The fourth-order valence-corrected chi connectivity index (χ4v) is 3.13. The molecule has 1 fully saturated rings. The molecular weight excluding hydrogens is 258 g/mol. The van der Waals surface area contributed by atoms with Crippen molar-refractivity contribution < 1.29 is 8.42 Å². The number of sulfone groups is 1. The van der Waals surface area contributed by atoms with Gasteiger partial charge in [-0.15, -0.1) is 0 Å². The number of rotatable bonds is 2. The molecule has 0 spiro atoms. The maximum Gasteiger partial charge on any atom is 0.175 e. The third-order valence-corrected chi connectivity index (χ3v) is 4.63. The van der Waals surface area contributed by atoms with Crippen LogP contribution in [0.2, 0.25) is 5.02 Å². The molecule has 2 rings (SSSR count). The molecule has 1 heterocycles. The molecule has 0 bridgehead atoms. The highest BCUT2D eigenvalue weighted by Gasteiger charge is 2.19. The Morgan fingerprint density at radius 3 is 2.53 bits per heavy atom. The molecule has 94 valence electrons. The Morgan fingerprint density at radius 2 is 1.94 bits per heavy atom. The Hall–Kier alpha value is -0.580. The Kier molecular flexibility index (Phi) is 3.76. The third kappa shape index (κ3) is 3.00. The van der Waals surface area contributed by atoms with E-state index < -0.39 is 9.84 Å². The van der Waals surface area contributed by atoms with Gasteiger partial charge in [-0.25, -0.2) is 8.42 Å². The average molecular weight is 274 g/mol. The molecule has 0 amide bonds. The minimum atomic E-state index is -3.16. The lowest BCUT2D eigenvalue weighted by Crippen LogP contribution is -2.26. The van der Waals surface area contributed by atoms with Gasteiger partial charge in [0.15, 0.2) is 9.84 Å². The highest BCUT2D eigenvalue weighted by Crippen LogP contribution is 2.32. The van der Waals surface area contributed by atoms with Crippen molar-refractivity contribution in [3.8, 4) is 0 Å². The second-order valence-corrected chi connectivity index (χ2v) is 6.90. The summed E-state index contributed by atoms with van der Waals surface area (Å²) in [6.45, 7) is 1.92. The summed E-state index contributed by atoms with van der Waals surface area (Å²) in [6.07, 6.45) is 3.24. The first kappa shape index (κ1) is 12.9. The Morgan fingerprint density at radius 1 is 1.29 bits per heavy atom. The summed E-state index contributed by atoms with van der Waals surface area (Å²) in [6, 6.07) is 4.99. The van der Waals surface area contributed by atoms with Crippen molar-refractivity contribution in [1.29, 1.82) is 0 Å². The van der Waals surface area contributed by atoms with Gasteiger partial charge in [0.1, 0.15) is 0 Å². The highest BCUT2D eigenvalue weighted by atomic mass is 35.5. The molecule has 0 atom stereocenters. The standard InChI is InChI=1S/C12H16ClNO2S/c1-17(15,16)10-2-3-12(13)11(8-10)9-4-6-14-7-5-9/h2-3,8-9,14H,4-7H2,1H3. The van der Waals surface area contributed by atoms with Gasteiger partial charge in [-0.05, 0) is 55.6 Å². The number of hydrogen-bond acceptors (Lipinski definition) is 3. The predicted octanol–water partition coefficient (Wildman–Crippen LogP) is 2.21. The van der Waals surface area contributed by atoms with E-state index in [1.54, 1.807) is 18.2 Å². The molecule has 0 unspecified atom stereocenters. The van der Waals surface area contributed by atoms with Gasteiger partial charge in [-0.3, -0.25) is 0 Å². The predicted molar refractivity (Wildman–Crippen MR) is 69.4 cm³/mol. The van der Waals surface area contributed by atoms with Gasteiger partial charge in [-0.1, -0.05) is 11.6 Å². The quantitative estimate of drug-likeness (QED) is 0.899. The number of halogens is 1. The molecule has 0 radical (unpaired) electrons. The smallest absolute Gasteiger partial charge is 0.175 e. The molecule has 1 N–H and O–H groups in total. The summed E-state index contributed by atoms with van der Waals surface area (Å²) in [4.78, 5) is 0.357. The van der Waals surface area contributed by atoms with E-state index in [2.05, 4.69) is 5.32 Å². The van der Waals surface area contributed by atoms with Crippen LogP contribution in [-0.4, -0.2) is 27.8 Å². The SMILES string of the molecule is CS(=O)(=O)c1ccc(Cl)c(C2CCNCC2)c1. The molecule has 0 aliphatic carbocycles. The van der Waals surface area contributed by atoms with Crippen LogP contribution in [0.5, 0.6) is 0 Å². The van der Waals surface area contributed by atoms with Gasteiger partial charge in [0.25, 0.3) is 0 Å². The van der Waals surface area contributed by atoms with Gasteiger partial charge in [0.2, 0.25) is 0 Å². The minimum Gasteiger partial charge on any atom is -0.317 e. The third-order valence-electron chi connectivity index (χ3n) is 3.17. The summed E-state index contributed by atoms with van der Waals surface area (Å²) in [7, 11) is -3.16. The van der Waals surface area contributed by atoms with Crippen LogP contribution in [0, 0.1) is 0 Å². The van der Waals surface area contributed by atoms with E-state index in [9.17, 15) is 8.42 Å². The van der Waals surface area contributed by atoms with E-state index in [0.717, 1.165) is 31.5 Å². The molecule has 17 heavy (non-hydrogen) atoms. The summed E-state index contributed by atoms with van der Waals surface area (Å²) in [5.74, 6) is 0.366. The number of hydrogen-bond donors (Lipinski definition) is 1. The highest BCUT2D eigenvalue weighted by molar-refractivity contribution is 7.90. The topological polar surface area (TPSA) is 46.2 Å². The molecule has 1 saturated heterocycles. The molecule has 1 aromatic rings. The lowest BCUT2D eigenvalue weighted by molar-refractivity contribution is 0.460. The number of nitrogens with one attached hydrogen (secondary N) is 1. The first-order valence-corrected chi connectivity index (χ1v) is 7.95. The summed E-state index contributed by atoms with van der Waals surface area (Å²) in [5, 5.41) is 3.96. The maximum atomic E-state index is 11.5. The van der Waals surface area contributed by atoms with E-state index in [1.807, 2.05) is 0 Å². The zero-order valence-corrected chi connectivity index (χ0v) is 11.3. The molecule has 5 heteroatoms. The average Bonchev–Trinajstić information content (AvgIpc) is 2.29. The van der Waals surface area contributed by atoms with Crippen molar-refractivity contribution in [3.05, 3.63) is 28.8 Å². The van der Waals surface area contributed by atoms with Gasteiger partial charge in [0.05, 0.1) is 4.90 Å². The van der Waals surface area contributed by atoms with Crippen LogP contribution in [0.15, 0.2) is 23.1 Å². The molecule has 1 aromatic carbocycles. The van der Waals surface area contributed by atoms with Crippen molar-refractivity contribution in [2.45, 2.75) is 23.7 Å². The maximum absolute atomic E-state index is 11.5. The summed E-state index contributed by atoms with van der Waals surface area (Å²) < 4.78 is 23.0. The van der Waals surface area contributed by atoms with Crippen molar-refractivity contribution in [3.63, 3.8) is 0 Å². The second kappa shape index (κ2) is 4.96. The molecule has 3 nitrogen and oxygen atoms in total. The zero-order valence-electron chi connectivity index (χ0n) is 9.74. The number of benzene rings is 1. The van der Waals surface area contributed by atoms with Crippen LogP contribution >= 0.6 is 11.6 Å².